The van der Waals surface area contributed by atoms with Crippen LogP contribution in [0, 0.1) is 5.82 Å². The fraction of sp³-hybridized carbons (Fsp3) is 0.324. The lowest BCUT2D eigenvalue weighted by atomic mass is 9.84. The van der Waals surface area contributed by atoms with E-state index in [0.717, 1.165) is 17.7 Å². The van der Waals surface area contributed by atoms with Gasteiger partial charge in [-0.05, 0) is 63.1 Å². The van der Waals surface area contributed by atoms with Crippen LogP contribution in [0.5, 0.6) is 0 Å². The van der Waals surface area contributed by atoms with E-state index in [4.69, 9.17) is 9.26 Å². The molecule has 3 heterocycles. The van der Waals surface area contributed by atoms with Gasteiger partial charge in [-0.2, -0.15) is 18.2 Å². The van der Waals surface area contributed by atoms with Crippen LogP contribution in [0.15, 0.2) is 82.2 Å². The number of ether oxygens (including phenoxy) is 1. The van der Waals surface area contributed by atoms with Crippen molar-refractivity contribution < 1.29 is 26.8 Å². The fourth-order valence-electron chi connectivity index (χ4n) is 5.87. The first-order chi connectivity index (χ1) is 21.3. The number of rotatable bonds is 6. The number of hydrogen-bond acceptors (Lipinski definition) is 6. The van der Waals surface area contributed by atoms with Crippen molar-refractivity contribution in [1.29, 1.82) is 0 Å². The molecule has 45 heavy (non-hydrogen) atoms. The quantitative estimate of drug-likeness (QED) is 0.187. The Bertz CT molecular complexity index is 1890. The number of halogens is 4. The Morgan fingerprint density at radius 3 is 2.24 bits per heavy atom. The summed E-state index contributed by atoms with van der Waals surface area (Å²) in [6.07, 6.45) is -3.18. The van der Waals surface area contributed by atoms with Gasteiger partial charge < -0.3 is 18.7 Å². The van der Waals surface area contributed by atoms with Gasteiger partial charge in [0, 0.05) is 31.2 Å². The number of morpholine rings is 1. The van der Waals surface area contributed by atoms with Crippen LogP contribution in [-0.4, -0.2) is 40.0 Å². The number of hydrogen-bond donors (Lipinski definition) is 0. The van der Waals surface area contributed by atoms with Gasteiger partial charge in [-0.15, -0.1) is 0 Å². The molecule has 1 saturated heterocycles. The predicted molar refractivity (Wildman–Crippen MR) is 163 cm³/mol. The number of anilines is 1. The van der Waals surface area contributed by atoms with Crippen molar-refractivity contribution in [1.82, 2.24) is 14.7 Å². The summed E-state index contributed by atoms with van der Waals surface area (Å²) in [6, 6.07) is 17.2. The number of benzene rings is 3. The first-order valence-corrected chi connectivity index (χ1v) is 14.6. The molecule has 0 bridgehead atoms. The van der Waals surface area contributed by atoms with Crippen LogP contribution in [-0.2, 0) is 22.9 Å². The largest absolute Gasteiger partial charge is 0.416 e. The summed E-state index contributed by atoms with van der Waals surface area (Å²) in [5.41, 5.74) is 0.358. The van der Waals surface area contributed by atoms with Crippen molar-refractivity contribution in [3.63, 3.8) is 0 Å². The maximum atomic E-state index is 15.7. The minimum atomic E-state index is -4.47. The van der Waals surface area contributed by atoms with Crippen molar-refractivity contribution in [3.05, 3.63) is 112 Å². The molecule has 0 saturated carbocycles. The van der Waals surface area contributed by atoms with E-state index in [1.165, 1.54) is 18.2 Å². The van der Waals surface area contributed by atoms with Gasteiger partial charge in [0.15, 0.2) is 0 Å². The van der Waals surface area contributed by atoms with E-state index in [-0.39, 0.29) is 41.4 Å². The predicted octanol–water partition coefficient (Wildman–Crippen LogP) is 7.20. The van der Waals surface area contributed by atoms with Crippen molar-refractivity contribution in [3.8, 4) is 11.4 Å². The second-order valence-corrected chi connectivity index (χ2v) is 12.1. The molecule has 2 unspecified atom stereocenters. The lowest BCUT2D eigenvalue weighted by molar-refractivity contribution is -0.137. The van der Waals surface area contributed by atoms with Gasteiger partial charge in [0.25, 0.3) is 0 Å². The second-order valence-electron chi connectivity index (χ2n) is 12.1. The Hall–Kier alpha value is -4.51. The van der Waals surface area contributed by atoms with Crippen molar-refractivity contribution in [2.24, 2.45) is 0 Å². The summed E-state index contributed by atoms with van der Waals surface area (Å²) in [5.74, 6) is -0.255. The van der Waals surface area contributed by atoms with Crippen molar-refractivity contribution >= 4 is 16.6 Å². The molecule has 0 radical (unpaired) electrons. The molecule has 7 nitrogen and oxygen atoms in total. The number of alkyl halides is 3. The highest BCUT2D eigenvalue weighted by atomic mass is 19.4. The minimum Gasteiger partial charge on any atom is -0.372 e. The average Bonchev–Trinajstić information content (AvgIpc) is 3.49. The average molecular weight is 621 g/mol. The molecule has 5 aromatic rings. The zero-order valence-corrected chi connectivity index (χ0v) is 25.2. The van der Waals surface area contributed by atoms with Gasteiger partial charge in [0.2, 0.25) is 17.1 Å². The summed E-state index contributed by atoms with van der Waals surface area (Å²) in [5, 5.41) is 4.21. The number of fused-ring (bicyclic) bond motifs is 1. The third kappa shape index (κ3) is 5.96. The Labute approximate surface area is 257 Å². The topological polar surface area (TPSA) is 73.4 Å². The molecule has 11 heteroatoms. The summed E-state index contributed by atoms with van der Waals surface area (Å²) >= 11 is 0. The third-order valence-corrected chi connectivity index (χ3v) is 8.24. The van der Waals surface area contributed by atoms with Gasteiger partial charge in [-0.3, -0.25) is 4.79 Å². The van der Waals surface area contributed by atoms with Gasteiger partial charge in [-0.1, -0.05) is 47.6 Å². The molecule has 6 rings (SSSR count). The monoisotopic (exact) mass is 620 g/mol. The molecule has 3 aromatic carbocycles. The van der Waals surface area contributed by atoms with E-state index in [1.807, 2.05) is 62.9 Å². The lowest BCUT2D eigenvalue weighted by Gasteiger charge is -2.37. The Morgan fingerprint density at radius 1 is 0.933 bits per heavy atom. The normalized spacial score (nSPS) is 17.6. The van der Waals surface area contributed by atoms with E-state index >= 15 is 4.39 Å². The van der Waals surface area contributed by atoms with Crippen LogP contribution in [0.1, 0.15) is 50.3 Å². The first kappa shape index (κ1) is 30.5. The van der Waals surface area contributed by atoms with E-state index in [9.17, 15) is 18.0 Å². The van der Waals surface area contributed by atoms with E-state index in [0.29, 0.717) is 29.9 Å². The highest BCUT2D eigenvalue weighted by Crippen LogP contribution is 2.33. The van der Waals surface area contributed by atoms with Crippen LogP contribution in [0.2, 0.25) is 0 Å². The number of aromatic nitrogens is 3. The van der Waals surface area contributed by atoms with Gasteiger partial charge in [0.1, 0.15) is 5.82 Å². The summed E-state index contributed by atoms with van der Waals surface area (Å²) in [6.45, 7) is 8.68. The fourth-order valence-corrected chi connectivity index (χ4v) is 5.87. The van der Waals surface area contributed by atoms with Crippen LogP contribution < -0.4 is 10.3 Å². The van der Waals surface area contributed by atoms with Crippen LogP contribution in [0.25, 0.3) is 22.3 Å². The third-order valence-electron chi connectivity index (χ3n) is 8.24. The molecular weight excluding hydrogens is 588 g/mol. The molecule has 0 amide bonds. The Balaban J connectivity index is 1.48. The summed E-state index contributed by atoms with van der Waals surface area (Å²) < 4.78 is 68.6. The van der Waals surface area contributed by atoms with Crippen LogP contribution in [0.3, 0.4) is 0 Å². The molecule has 234 valence electrons. The zero-order chi connectivity index (χ0) is 32.1. The molecule has 1 aliphatic heterocycles. The molecular formula is C34H32F4N4O3. The molecule has 2 aromatic heterocycles. The highest BCUT2D eigenvalue weighted by Gasteiger charge is 2.32. The van der Waals surface area contributed by atoms with E-state index < -0.39 is 28.4 Å². The van der Waals surface area contributed by atoms with Gasteiger partial charge >= 0.3 is 6.18 Å². The van der Waals surface area contributed by atoms with E-state index in [2.05, 4.69) is 10.1 Å². The minimum absolute atomic E-state index is 0.0300. The molecule has 0 N–H and O–H groups in total. The molecule has 1 aliphatic rings. The maximum Gasteiger partial charge on any atom is 0.416 e. The molecule has 2 atom stereocenters. The van der Waals surface area contributed by atoms with E-state index in [1.54, 1.807) is 16.8 Å². The second kappa shape index (κ2) is 11.4. The molecule has 0 spiro atoms. The molecule has 1 fully saturated rings. The first-order valence-electron chi connectivity index (χ1n) is 14.6. The zero-order valence-electron chi connectivity index (χ0n) is 25.2. The standard InChI is InChI=1S/C34H32F4N4O3/c1-20-16-41(17-21(2)44-20)29-15-28-25(14-27(29)35)30(43)26(19-42(28)18-22-10-12-24(13-11-22)34(36,37)38)31-39-32(45-40-31)33(3,4)23-8-6-5-7-9-23/h5-15,19-21H,16-18H2,1-4H3. The highest BCUT2D eigenvalue weighted by molar-refractivity contribution is 5.86. The van der Waals surface area contributed by atoms with Crippen LogP contribution >= 0.6 is 0 Å². The number of nitrogens with zero attached hydrogens (tertiary/aromatic N) is 4. The summed E-state index contributed by atoms with van der Waals surface area (Å²) in [7, 11) is 0. The lowest BCUT2D eigenvalue weighted by Crippen LogP contribution is -2.45. The van der Waals surface area contributed by atoms with Crippen molar-refractivity contribution in [2.75, 3.05) is 18.0 Å². The van der Waals surface area contributed by atoms with Crippen molar-refractivity contribution in [2.45, 2.75) is 58.0 Å². The number of pyridine rings is 1. The van der Waals surface area contributed by atoms with Gasteiger partial charge in [-0.25, -0.2) is 4.39 Å². The smallest absolute Gasteiger partial charge is 0.372 e. The summed E-state index contributed by atoms with van der Waals surface area (Å²) in [4.78, 5) is 20.4. The Morgan fingerprint density at radius 2 is 1.60 bits per heavy atom. The SMILES string of the molecule is CC1CN(c2cc3c(cc2F)c(=O)c(-c2noc(C(C)(C)c4ccccc4)n2)cn3Cc2ccc(C(F)(F)F)cc2)CC(C)O1. The molecule has 0 aliphatic carbocycles. The maximum absolute atomic E-state index is 15.7. The Kier molecular flexibility index (Phi) is 7.76. The van der Waals surface area contributed by atoms with Crippen LogP contribution in [0.4, 0.5) is 23.2 Å². The van der Waals surface area contributed by atoms with Gasteiger partial charge in [0.05, 0.1) is 40.0 Å².